The van der Waals surface area contributed by atoms with Crippen molar-refractivity contribution < 1.29 is 23.2 Å². The van der Waals surface area contributed by atoms with Crippen LogP contribution in [0.5, 0.6) is 0 Å². The Kier molecular flexibility index (Phi) is 4.85. The topological polar surface area (TPSA) is 78.5 Å². The Balaban J connectivity index is 1.81. The second-order valence-electron chi connectivity index (χ2n) is 5.50. The van der Waals surface area contributed by atoms with Gasteiger partial charge < -0.3 is 10.6 Å². The second kappa shape index (κ2) is 7.09. The van der Waals surface area contributed by atoms with Gasteiger partial charge in [0.05, 0.1) is 11.4 Å². The second-order valence-corrected chi connectivity index (χ2v) is 5.94. The molecule has 1 heterocycles. The molecule has 0 spiro atoms. The van der Waals surface area contributed by atoms with Crippen LogP contribution < -0.4 is 15.5 Å². The van der Waals surface area contributed by atoms with Crippen LogP contribution in [0.4, 0.5) is 25.0 Å². The summed E-state index contributed by atoms with van der Waals surface area (Å²) < 4.78 is 26.6. The molecule has 1 saturated heterocycles. The summed E-state index contributed by atoms with van der Waals surface area (Å²) in [6, 6.07) is 7.85. The molecule has 0 saturated carbocycles. The molecular formula is C17H12ClF2N3O3. The monoisotopic (exact) mass is 379 g/mol. The molecule has 6 nitrogen and oxygen atoms in total. The largest absolute Gasteiger partial charge is 0.336 e. The lowest BCUT2D eigenvalue weighted by Gasteiger charge is -2.30. The van der Waals surface area contributed by atoms with Gasteiger partial charge in [0.25, 0.3) is 0 Å². The van der Waals surface area contributed by atoms with Gasteiger partial charge in [0.2, 0.25) is 11.8 Å². The molecule has 26 heavy (non-hydrogen) atoms. The van der Waals surface area contributed by atoms with E-state index in [1.807, 2.05) is 0 Å². The summed E-state index contributed by atoms with van der Waals surface area (Å²) in [5.41, 5.74) is -0.0264. The lowest BCUT2D eigenvalue weighted by molar-refractivity contribution is -0.130. The van der Waals surface area contributed by atoms with Gasteiger partial charge in [0.15, 0.2) is 0 Å². The summed E-state index contributed by atoms with van der Waals surface area (Å²) >= 11 is 5.79. The normalized spacial score (nSPS) is 17.0. The zero-order chi connectivity index (χ0) is 18.8. The standard InChI is InChI=1S/C17H12ClF2N3O3/c18-9-1-4-11(5-2-9)23-16(25)12(8-21-17(23)26)15(24)22-14-6-3-10(19)7-13(14)20/h1-7,12H,8H2,(H,21,26)(H,22,24). The van der Waals surface area contributed by atoms with Crippen molar-refractivity contribution in [2.24, 2.45) is 5.92 Å². The third-order valence-electron chi connectivity index (χ3n) is 3.77. The molecule has 1 aliphatic rings. The van der Waals surface area contributed by atoms with Gasteiger partial charge in [-0.3, -0.25) is 9.59 Å². The maximum absolute atomic E-state index is 13.7. The van der Waals surface area contributed by atoms with Crippen molar-refractivity contribution in [1.29, 1.82) is 0 Å². The number of benzene rings is 2. The van der Waals surface area contributed by atoms with E-state index in [1.165, 1.54) is 24.3 Å². The van der Waals surface area contributed by atoms with E-state index in [4.69, 9.17) is 11.6 Å². The van der Waals surface area contributed by atoms with E-state index in [2.05, 4.69) is 10.6 Å². The third-order valence-corrected chi connectivity index (χ3v) is 4.02. The molecule has 1 fully saturated rings. The number of amides is 4. The molecule has 9 heteroatoms. The third kappa shape index (κ3) is 3.50. The average Bonchev–Trinajstić information content (AvgIpc) is 2.59. The average molecular weight is 380 g/mol. The van der Waals surface area contributed by atoms with Gasteiger partial charge in [0, 0.05) is 17.6 Å². The first kappa shape index (κ1) is 17.8. The van der Waals surface area contributed by atoms with Gasteiger partial charge in [-0.15, -0.1) is 0 Å². The molecule has 2 aromatic rings. The van der Waals surface area contributed by atoms with Crippen molar-refractivity contribution >= 4 is 40.8 Å². The Morgan fingerprint density at radius 1 is 1.15 bits per heavy atom. The van der Waals surface area contributed by atoms with Crippen LogP contribution in [-0.2, 0) is 9.59 Å². The first-order chi connectivity index (χ1) is 12.4. The molecule has 0 aliphatic carbocycles. The quantitative estimate of drug-likeness (QED) is 0.805. The first-order valence-electron chi connectivity index (χ1n) is 7.50. The van der Waals surface area contributed by atoms with Crippen molar-refractivity contribution in [3.63, 3.8) is 0 Å². The van der Waals surface area contributed by atoms with E-state index in [1.54, 1.807) is 0 Å². The number of imide groups is 1. The number of nitrogens with zero attached hydrogens (tertiary/aromatic N) is 1. The summed E-state index contributed by atoms with van der Waals surface area (Å²) in [4.78, 5) is 37.8. The van der Waals surface area contributed by atoms with Crippen LogP contribution in [0.3, 0.4) is 0 Å². The zero-order valence-electron chi connectivity index (χ0n) is 13.1. The Hall–Kier alpha value is -3.00. The van der Waals surface area contributed by atoms with Gasteiger partial charge in [-0.2, -0.15) is 0 Å². The predicted octanol–water partition coefficient (Wildman–Crippen LogP) is 2.93. The number of nitrogens with one attached hydrogen (secondary N) is 2. The van der Waals surface area contributed by atoms with Gasteiger partial charge in [0.1, 0.15) is 17.6 Å². The zero-order valence-corrected chi connectivity index (χ0v) is 13.9. The number of anilines is 2. The molecule has 0 radical (unpaired) electrons. The Morgan fingerprint density at radius 2 is 1.85 bits per heavy atom. The Bertz CT molecular complexity index is 889. The molecule has 0 bridgehead atoms. The number of urea groups is 1. The van der Waals surface area contributed by atoms with Crippen molar-refractivity contribution in [2.45, 2.75) is 0 Å². The number of hydrogen-bond acceptors (Lipinski definition) is 3. The van der Waals surface area contributed by atoms with E-state index in [0.29, 0.717) is 11.1 Å². The molecular weight excluding hydrogens is 368 g/mol. The number of hydrogen-bond donors (Lipinski definition) is 2. The van der Waals surface area contributed by atoms with Crippen LogP contribution in [0.2, 0.25) is 5.02 Å². The number of halogens is 3. The van der Waals surface area contributed by atoms with E-state index in [9.17, 15) is 23.2 Å². The van der Waals surface area contributed by atoms with Crippen LogP contribution >= 0.6 is 11.6 Å². The minimum Gasteiger partial charge on any atom is -0.336 e. The molecule has 134 valence electrons. The van der Waals surface area contributed by atoms with E-state index in [-0.39, 0.29) is 17.9 Å². The fourth-order valence-corrected chi connectivity index (χ4v) is 2.59. The lowest BCUT2D eigenvalue weighted by atomic mass is 10.0. The van der Waals surface area contributed by atoms with Gasteiger partial charge >= 0.3 is 6.03 Å². The molecule has 1 unspecified atom stereocenters. The van der Waals surface area contributed by atoms with Crippen LogP contribution in [0.1, 0.15) is 0 Å². The van der Waals surface area contributed by atoms with Crippen LogP contribution in [0.25, 0.3) is 0 Å². The minimum absolute atomic E-state index is 0.238. The van der Waals surface area contributed by atoms with Crippen LogP contribution in [-0.4, -0.2) is 24.4 Å². The van der Waals surface area contributed by atoms with Crippen molar-refractivity contribution in [2.75, 3.05) is 16.8 Å². The van der Waals surface area contributed by atoms with Gasteiger partial charge in [-0.05, 0) is 36.4 Å². The van der Waals surface area contributed by atoms with Crippen LogP contribution in [0.15, 0.2) is 42.5 Å². The Labute approximate surface area is 151 Å². The summed E-state index contributed by atoms with van der Waals surface area (Å²) in [6.07, 6.45) is 0. The Morgan fingerprint density at radius 3 is 2.50 bits per heavy atom. The fraction of sp³-hybridized carbons (Fsp3) is 0.118. The summed E-state index contributed by atoms with van der Waals surface area (Å²) in [5, 5.41) is 5.08. The summed E-state index contributed by atoms with van der Waals surface area (Å²) in [7, 11) is 0. The maximum atomic E-state index is 13.7. The highest BCUT2D eigenvalue weighted by atomic mass is 35.5. The highest BCUT2D eigenvalue weighted by molar-refractivity contribution is 6.30. The van der Waals surface area contributed by atoms with Crippen molar-refractivity contribution in [3.05, 3.63) is 59.1 Å². The molecule has 2 aromatic carbocycles. The van der Waals surface area contributed by atoms with Gasteiger partial charge in [-0.1, -0.05) is 11.6 Å². The van der Waals surface area contributed by atoms with E-state index in [0.717, 1.165) is 17.0 Å². The number of rotatable bonds is 3. The molecule has 1 atom stereocenters. The minimum atomic E-state index is -1.27. The lowest BCUT2D eigenvalue weighted by Crippen LogP contribution is -2.58. The molecule has 4 amide bonds. The number of carbonyl (C=O) groups is 3. The van der Waals surface area contributed by atoms with Crippen LogP contribution in [0, 0.1) is 17.6 Å². The smallest absolute Gasteiger partial charge is 0.328 e. The number of carbonyl (C=O) groups excluding carboxylic acids is 3. The highest BCUT2D eigenvalue weighted by Gasteiger charge is 2.39. The first-order valence-corrected chi connectivity index (χ1v) is 7.88. The SMILES string of the molecule is O=C(Nc1ccc(F)cc1F)C1CNC(=O)N(c2ccc(Cl)cc2)C1=O. The highest BCUT2D eigenvalue weighted by Crippen LogP contribution is 2.23. The summed E-state index contributed by atoms with van der Waals surface area (Å²) in [6.45, 7) is -0.240. The van der Waals surface area contributed by atoms with Crippen molar-refractivity contribution in [1.82, 2.24) is 5.32 Å². The van der Waals surface area contributed by atoms with E-state index < -0.39 is 35.4 Å². The summed E-state index contributed by atoms with van der Waals surface area (Å²) in [5.74, 6) is -4.63. The maximum Gasteiger partial charge on any atom is 0.328 e. The van der Waals surface area contributed by atoms with Crippen molar-refractivity contribution in [3.8, 4) is 0 Å². The van der Waals surface area contributed by atoms with E-state index >= 15 is 0 Å². The molecule has 1 aliphatic heterocycles. The molecule has 3 rings (SSSR count). The molecule has 0 aromatic heterocycles. The molecule has 2 N–H and O–H groups in total. The van der Waals surface area contributed by atoms with Gasteiger partial charge in [-0.25, -0.2) is 18.5 Å². The predicted molar refractivity (Wildman–Crippen MR) is 90.8 cm³/mol. The fourth-order valence-electron chi connectivity index (χ4n) is 2.46.